The minimum Gasteiger partial charge on any atom is -0.465 e. The van der Waals surface area contributed by atoms with Gasteiger partial charge in [-0.1, -0.05) is 6.08 Å². The zero-order chi connectivity index (χ0) is 20.0. The number of carbonyl (C=O) groups excluding carboxylic acids is 2. The highest BCUT2D eigenvalue weighted by Gasteiger charge is 2.65. The Morgan fingerprint density at radius 1 is 1.38 bits per heavy atom. The van der Waals surface area contributed by atoms with Crippen molar-refractivity contribution < 1.29 is 44.9 Å². The molecule has 2 unspecified atom stereocenters. The van der Waals surface area contributed by atoms with E-state index >= 15 is 0 Å². The number of ether oxygens (including phenoxy) is 1. The lowest BCUT2D eigenvalue weighted by atomic mass is 9.67. The van der Waals surface area contributed by atoms with Gasteiger partial charge in [-0.05, 0) is 38.2 Å². The molecule has 0 amide bonds. The van der Waals surface area contributed by atoms with Crippen molar-refractivity contribution in [1.82, 2.24) is 0 Å². The van der Waals surface area contributed by atoms with Gasteiger partial charge in [-0.3, -0.25) is 14.1 Å². The van der Waals surface area contributed by atoms with Crippen molar-refractivity contribution in [3.8, 4) is 0 Å². The van der Waals surface area contributed by atoms with Crippen molar-refractivity contribution in [3.63, 3.8) is 0 Å². The van der Waals surface area contributed by atoms with Crippen LogP contribution in [0.5, 0.6) is 0 Å². The van der Waals surface area contributed by atoms with Gasteiger partial charge in [0.1, 0.15) is 0 Å². The van der Waals surface area contributed by atoms with Crippen molar-refractivity contribution in [3.05, 3.63) is 11.6 Å². The van der Waals surface area contributed by atoms with E-state index in [0.717, 1.165) is 6.42 Å². The molecule has 26 heavy (non-hydrogen) atoms. The van der Waals surface area contributed by atoms with Gasteiger partial charge in [0, 0.05) is 5.92 Å². The standard InChI is InChI=1S/C15H18F4O6S/c1-13(7-9-3-2-4-10(8-13)11(9)20)12(21)25-6-5-14(16,17)15(18,19)26(22,23)24/h7,10H,2-6,8H2,1H3,(H,22,23,24). The van der Waals surface area contributed by atoms with Crippen LogP contribution in [0.3, 0.4) is 0 Å². The van der Waals surface area contributed by atoms with E-state index in [2.05, 4.69) is 4.74 Å². The monoisotopic (exact) mass is 402 g/mol. The molecule has 0 spiro atoms. The molecule has 0 aromatic rings. The first-order valence-corrected chi connectivity index (χ1v) is 9.31. The average Bonchev–Trinajstić information content (AvgIpc) is 2.47. The fourth-order valence-electron chi connectivity index (χ4n) is 3.26. The highest BCUT2D eigenvalue weighted by molar-refractivity contribution is 7.87. The maximum absolute atomic E-state index is 13.4. The molecule has 1 fully saturated rings. The molecule has 2 aliphatic carbocycles. The van der Waals surface area contributed by atoms with Crippen LogP contribution in [-0.2, 0) is 24.4 Å². The zero-order valence-corrected chi connectivity index (χ0v) is 14.6. The van der Waals surface area contributed by atoms with E-state index < -0.39 is 45.7 Å². The molecule has 0 heterocycles. The van der Waals surface area contributed by atoms with E-state index in [9.17, 15) is 35.6 Å². The minimum absolute atomic E-state index is 0.0548. The van der Waals surface area contributed by atoms with E-state index in [-0.39, 0.29) is 18.1 Å². The fourth-order valence-corrected chi connectivity index (χ4v) is 3.74. The molecule has 1 N–H and O–H groups in total. The second-order valence-electron chi connectivity index (χ2n) is 6.83. The van der Waals surface area contributed by atoms with Crippen molar-refractivity contribution in [2.45, 2.75) is 50.2 Å². The molecule has 0 aromatic heterocycles. The van der Waals surface area contributed by atoms with Gasteiger partial charge in [-0.15, -0.1) is 0 Å². The molecule has 2 bridgehead atoms. The molecule has 2 aliphatic rings. The largest absolute Gasteiger partial charge is 0.465 e. The average molecular weight is 402 g/mol. The molecular weight excluding hydrogens is 384 g/mol. The van der Waals surface area contributed by atoms with Crippen LogP contribution < -0.4 is 0 Å². The fraction of sp³-hybridized carbons (Fsp3) is 0.733. The Morgan fingerprint density at radius 3 is 2.54 bits per heavy atom. The van der Waals surface area contributed by atoms with Gasteiger partial charge in [0.25, 0.3) is 0 Å². The number of Topliss-reactive ketones (excluding diaryl/α,β-unsaturated/α-hetero) is 1. The van der Waals surface area contributed by atoms with Gasteiger partial charge in [0.2, 0.25) is 0 Å². The van der Waals surface area contributed by atoms with Crippen LogP contribution >= 0.6 is 0 Å². The number of alkyl halides is 4. The molecular formula is C15H18F4O6S. The summed E-state index contributed by atoms with van der Waals surface area (Å²) in [7, 11) is -6.33. The second kappa shape index (κ2) is 6.59. The molecule has 0 aromatic carbocycles. The molecule has 0 radical (unpaired) electrons. The SMILES string of the molecule is CC1(C(=O)OCCC(F)(F)C(F)(F)S(=O)(=O)O)C=C2CCCC(C1)C2=O. The smallest absolute Gasteiger partial charge is 0.431 e. The van der Waals surface area contributed by atoms with Gasteiger partial charge >= 0.3 is 27.3 Å². The topological polar surface area (TPSA) is 97.7 Å². The van der Waals surface area contributed by atoms with Crippen LogP contribution in [0.1, 0.15) is 39.0 Å². The Balaban J connectivity index is 2.03. The Hall–Kier alpha value is -1.49. The molecule has 2 atom stereocenters. The maximum Gasteiger partial charge on any atom is 0.431 e. The highest BCUT2D eigenvalue weighted by Crippen LogP contribution is 2.44. The van der Waals surface area contributed by atoms with E-state index in [4.69, 9.17) is 4.55 Å². The summed E-state index contributed by atoms with van der Waals surface area (Å²) in [5.74, 6) is -6.51. The van der Waals surface area contributed by atoms with Crippen molar-refractivity contribution in [2.24, 2.45) is 11.3 Å². The summed E-state index contributed by atoms with van der Waals surface area (Å²) in [4.78, 5) is 24.2. The van der Waals surface area contributed by atoms with Gasteiger partial charge in [-0.2, -0.15) is 26.0 Å². The molecule has 0 saturated heterocycles. The predicted molar refractivity (Wildman–Crippen MR) is 80.2 cm³/mol. The number of hydrogen-bond acceptors (Lipinski definition) is 5. The third-order valence-corrected chi connectivity index (χ3v) is 5.66. The summed E-state index contributed by atoms with van der Waals surface area (Å²) in [5, 5.41) is -5.70. The molecule has 1 saturated carbocycles. The summed E-state index contributed by atoms with van der Waals surface area (Å²) in [6.07, 6.45) is 1.66. The molecule has 0 aliphatic heterocycles. The molecule has 11 heteroatoms. The highest BCUT2D eigenvalue weighted by atomic mass is 32.2. The quantitative estimate of drug-likeness (QED) is 0.417. The zero-order valence-electron chi connectivity index (χ0n) is 13.8. The van der Waals surface area contributed by atoms with Crippen molar-refractivity contribution in [1.29, 1.82) is 0 Å². The Kier molecular flexibility index (Phi) is 5.28. The lowest BCUT2D eigenvalue weighted by Crippen LogP contribution is -2.47. The van der Waals surface area contributed by atoms with Crippen molar-refractivity contribution in [2.75, 3.05) is 6.61 Å². The summed E-state index contributed by atoms with van der Waals surface area (Å²) < 4.78 is 86.7. The number of ketones is 1. The number of allylic oxidation sites excluding steroid dienone is 1. The normalized spacial score (nSPS) is 27.1. The number of halogens is 4. The summed E-state index contributed by atoms with van der Waals surface area (Å²) in [5.41, 5.74) is -0.773. The number of esters is 1. The first-order chi connectivity index (χ1) is 11.7. The summed E-state index contributed by atoms with van der Waals surface area (Å²) in [6, 6.07) is 0. The van der Waals surface area contributed by atoms with E-state index in [0.29, 0.717) is 18.4 Å². The van der Waals surface area contributed by atoms with Crippen LogP contribution in [-0.4, -0.2) is 42.5 Å². The summed E-state index contributed by atoms with van der Waals surface area (Å²) in [6.45, 7) is 0.291. The van der Waals surface area contributed by atoms with E-state index in [1.165, 1.54) is 13.0 Å². The van der Waals surface area contributed by atoms with Crippen LogP contribution in [0.2, 0.25) is 0 Å². The third-order valence-electron chi connectivity index (χ3n) is 4.71. The number of rotatable bonds is 6. The lowest BCUT2D eigenvalue weighted by molar-refractivity contribution is -0.177. The number of carbonyl (C=O) groups is 2. The third kappa shape index (κ3) is 3.64. The van der Waals surface area contributed by atoms with Crippen LogP contribution in [0.25, 0.3) is 0 Å². The van der Waals surface area contributed by atoms with Gasteiger partial charge < -0.3 is 4.74 Å². The van der Waals surface area contributed by atoms with Gasteiger partial charge in [0.05, 0.1) is 18.4 Å². The lowest BCUT2D eigenvalue weighted by Gasteiger charge is -2.36. The number of hydrogen-bond donors (Lipinski definition) is 1. The number of fused-ring (bicyclic) bond motifs is 2. The Morgan fingerprint density at radius 2 is 2.00 bits per heavy atom. The van der Waals surface area contributed by atoms with Crippen LogP contribution in [0.15, 0.2) is 11.6 Å². The summed E-state index contributed by atoms with van der Waals surface area (Å²) >= 11 is 0. The Bertz CT molecular complexity index is 745. The molecule has 148 valence electrons. The van der Waals surface area contributed by atoms with Crippen LogP contribution in [0, 0.1) is 11.3 Å². The second-order valence-corrected chi connectivity index (χ2v) is 8.29. The maximum atomic E-state index is 13.4. The first kappa shape index (κ1) is 20.8. The first-order valence-electron chi connectivity index (χ1n) is 7.87. The molecule has 6 nitrogen and oxygen atoms in total. The minimum atomic E-state index is -6.33. The van der Waals surface area contributed by atoms with Crippen molar-refractivity contribution >= 4 is 21.9 Å². The van der Waals surface area contributed by atoms with Gasteiger partial charge in [-0.25, -0.2) is 0 Å². The van der Waals surface area contributed by atoms with E-state index in [1.54, 1.807) is 0 Å². The predicted octanol–water partition coefficient (Wildman–Crippen LogP) is 2.74. The van der Waals surface area contributed by atoms with Crippen LogP contribution in [0.4, 0.5) is 17.6 Å². The Labute approximate surface area is 147 Å². The van der Waals surface area contributed by atoms with E-state index in [1.807, 2.05) is 0 Å². The molecule has 2 rings (SSSR count). The van der Waals surface area contributed by atoms with Gasteiger partial charge in [0.15, 0.2) is 5.78 Å².